The van der Waals surface area contributed by atoms with Crippen LogP contribution in [-0.4, -0.2) is 28.3 Å². The summed E-state index contributed by atoms with van der Waals surface area (Å²) in [6, 6.07) is 3.55. The molecule has 19 heavy (non-hydrogen) atoms. The van der Waals surface area contributed by atoms with Gasteiger partial charge in [0.15, 0.2) is 0 Å². The predicted octanol–water partition coefficient (Wildman–Crippen LogP) is 2.07. The molecule has 0 aliphatic heterocycles. The van der Waals surface area contributed by atoms with Gasteiger partial charge in [-0.05, 0) is 26.0 Å². The van der Waals surface area contributed by atoms with E-state index in [0.29, 0.717) is 17.1 Å². The van der Waals surface area contributed by atoms with Gasteiger partial charge in [-0.15, -0.1) is 0 Å². The zero-order valence-electron chi connectivity index (χ0n) is 11.1. The second-order valence-electron chi connectivity index (χ2n) is 4.22. The van der Waals surface area contributed by atoms with Crippen LogP contribution >= 0.6 is 0 Å². The second-order valence-corrected chi connectivity index (χ2v) is 4.22. The highest BCUT2D eigenvalue weighted by molar-refractivity contribution is 5.90. The van der Waals surface area contributed by atoms with Crippen molar-refractivity contribution in [3.63, 3.8) is 0 Å². The molecule has 0 amide bonds. The molecule has 2 aromatic rings. The van der Waals surface area contributed by atoms with Crippen LogP contribution < -0.4 is 5.32 Å². The second kappa shape index (κ2) is 5.51. The Labute approximate surface area is 111 Å². The van der Waals surface area contributed by atoms with Crippen molar-refractivity contribution in [2.75, 3.05) is 12.4 Å². The number of hydrogen-bond donors (Lipinski definition) is 2. The molecule has 6 nitrogen and oxygen atoms in total. The number of aromatic nitrogens is 3. The number of aromatic amines is 1. The summed E-state index contributed by atoms with van der Waals surface area (Å²) in [6.07, 6.45) is 3.58. The molecule has 1 unspecified atom stereocenters. The SMILES string of the molecule is COC(=O)c1ccc(NC(C)c2cn[nH]c2)nc1C. The first kappa shape index (κ1) is 13.1. The Morgan fingerprint density at radius 2 is 2.26 bits per heavy atom. The summed E-state index contributed by atoms with van der Waals surface area (Å²) < 4.78 is 4.69. The lowest BCUT2D eigenvalue weighted by atomic mass is 10.2. The molecule has 100 valence electrons. The molecule has 2 rings (SSSR count). The van der Waals surface area contributed by atoms with E-state index in [4.69, 9.17) is 0 Å². The number of H-pyrrole nitrogens is 1. The Kier molecular flexibility index (Phi) is 3.79. The molecule has 2 aromatic heterocycles. The molecule has 2 heterocycles. The Hall–Kier alpha value is -2.37. The number of carbonyl (C=O) groups excluding carboxylic acids is 1. The number of methoxy groups -OCH3 is 1. The third kappa shape index (κ3) is 2.90. The normalized spacial score (nSPS) is 11.9. The van der Waals surface area contributed by atoms with Gasteiger partial charge < -0.3 is 10.1 Å². The van der Waals surface area contributed by atoms with E-state index < -0.39 is 0 Å². The number of hydrogen-bond acceptors (Lipinski definition) is 5. The van der Waals surface area contributed by atoms with Gasteiger partial charge in [-0.1, -0.05) is 0 Å². The monoisotopic (exact) mass is 260 g/mol. The van der Waals surface area contributed by atoms with Gasteiger partial charge in [-0.3, -0.25) is 5.10 Å². The molecule has 0 saturated heterocycles. The van der Waals surface area contributed by atoms with Gasteiger partial charge in [0.05, 0.1) is 30.6 Å². The molecule has 6 heteroatoms. The van der Waals surface area contributed by atoms with Gasteiger partial charge in [0.25, 0.3) is 0 Å². The Balaban J connectivity index is 2.14. The number of pyridine rings is 1. The van der Waals surface area contributed by atoms with Gasteiger partial charge in [-0.25, -0.2) is 9.78 Å². The number of esters is 1. The lowest BCUT2D eigenvalue weighted by Crippen LogP contribution is -2.10. The van der Waals surface area contributed by atoms with Crippen molar-refractivity contribution in [1.82, 2.24) is 15.2 Å². The number of carbonyl (C=O) groups is 1. The van der Waals surface area contributed by atoms with Gasteiger partial charge in [0.1, 0.15) is 5.82 Å². The lowest BCUT2D eigenvalue weighted by Gasteiger charge is -2.13. The first-order valence-electron chi connectivity index (χ1n) is 5.93. The first-order valence-corrected chi connectivity index (χ1v) is 5.93. The minimum atomic E-state index is -0.376. The summed E-state index contributed by atoms with van der Waals surface area (Å²) in [5.41, 5.74) is 2.15. The van der Waals surface area contributed by atoms with Crippen LogP contribution in [0.5, 0.6) is 0 Å². The molecule has 0 aliphatic carbocycles. The Morgan fingerprint density at radius 3 is 2.84 bits per heavy atom. The highest BCUT2D eigenvalue weighted by Gasteiger charge is 2.12. The fraction of sp³-hybridized carbons (Fsp3) is 0.308. The minimum absolute atomic E-state index is 0.0784. The zero-order valence-corrected chi connectivity index (χ0v) is 11.1. The van der Waals surface area contributed by atoms with E-state index in [2.05, 4.69) is 25.2 Å². The van der Waals surface area contributed by atoms with E-state index in [1.165, 1.54) is 7.11 Å². The summed E-state index contributed by atoms with van der Waals surface area (Å²) >= 11 is 0. The maximum atomic E-state index is 11.5. The molecule has 2 N–H and O–H groups in total. The number of aryl methyl sites for hydroxylation is 1. The van der Waals surface area contributed by atoms with Crippen LogP contribution in [0.1, 0.15) is 34.6 Å². The molecule has 0 radical (unpaired) electrons. The van der Waals surface area contributed by atoms with Crippen LogP contribution in [0.15, 0.2) is 24.5 Å². The number of ether oxygens (including phenoxy) is 1. The third-order valence-electron chi connectivity index (χ3n) is 2.87. The summed E-state index contributed by atoms with van der Waals surface area (Å²) in [4.78, 5) is 15.8. The van der Waals surface area contributed by atoms with Gasteiger partial charge in [-0.2, -0.15) is 5.10 Å². The van der Waals surface area contributed by atoms with Gasteiger partial charge in [0.2, 0.25) is 0 Å². The molecule has 1 atom stereocenters. The number of rotatable bonds is 4. The predicted molar refractivity (Wildman–Crippen MR) is 70.9 cm³/mol. The maximum absolute atomic E-state index is 11.5. The topological polar surface area (TPSA) is 79.9 Å². The maximum Gasteiger partial charge on any atom is 0.339 e. The van der Waals surface area contributed by atoms with Crippen LogP contribution in [0.2, 0.25) is 0 Å². The van der Waals surface area contributed by atoms with Crippen molar-refractivity contribution in [3.05, 3.63) is 41.3 Å². The standard InChI is InChI=1S/C13H16N4O2/c1-8(10-6-14-15-7-10)16-12-5-4-11(9(2)17-12)13(18)19-3/h4-8H,1-3H3,(H,14,15)(H,16,17). The van der Waals surface area contributed by atoms with Crippen LogP contribution in [0, 0.1) is 6.92 Å². The molecular weight excluding hydrogens is 244 g/mol. The molecular formula is C13H16N4O2. The first-order chi connectivity index (χ1) is 9.11. The lowest BCUT2D eigenvalue weighted by molar-refractivity contribution is 0.0599. The van der Waals surface area contributed by atoms with E-state index in [1.54, 1.807) is 25.3 Å². The smallest absolute Gasteiger partial charge is 0.339 e. The summed E-state index contributed by atoms with van der Waals surface area (Å²) in [5.74, 6) is 0.332. The van der Waals surface area contributed by atoms with Crippen LogP contribution in [0.3, 0.4) is 0 Å². The van der Waals surface area contributed by atoms with Crippen molar-refractivity contribution >= 4 is 11.8 Å². The average molecular weight is 260 g/mol. The fourth-order valence-electron chi connectivity index (χ4n) is 1.77. The highest BCUT2D eigenvalue weighted by atomic mass is 16.5. The fourth-order valence-corrected chi connectivity index (χ4v) is 1.77. The van der Waals surface area contributed by atoms with E-state index in [-0.39, 0.29) is 12.0 Å². The molecule has 0 bridgehead atoms. The Bertz CT molecular complexity index is 566. The summed E-state index contributed by atoms with van der Waals surface area (Å²) in [5, 5.41) is 9.92. The summed E-state index contributed by atoms with van der Waals surface area (Å²) in [7, 11) is 1.36. The van der Waals surface area contributed by atoms with Crippen molar-refractivity contribution in [1.29, 1.82) is 0 Å². The largest absolute Gasteiger partial charge is 0.465 e. The number of anilines is 1. The van der Waals surface area contributed by atoms with Gasteiger partial charge in [0, 0.05) is 11.8 Å². The molecule has 0 aromatic carbocycles. The Morgan fingerprint density at radius 1 is 1.47 bits per heavy atom. The van der Waals surface area contributed by atoms with E-state index in [9.17, 15) is 4.79 Å². The van der Waals surface area contributed by atoms with Crippen LogP contribution in [0.25, 0.3) is 0 Å². The van der Waals surface area contributed by atoms with Crippen molar-refractivity contribution in [3.8, 4) is 0 Å². The third-order valence-corrected chi connectivity index (χ3v) is 2.87. The van der Waals surface area contributed by atoms with Crippen molar-refractivity contribution in [2.24, 2.45) is 0 Å². The van der Waals surface area contributed by atoms with Crippen LogP contribution in [-0.2, 0) is 4.74 Å². The zero-order chi connectivity index (χ0) is 13.8. The van der Waals surface area contributed by atoms with E-state index in [0.717, 1.165) is 5.56 Å². The molecule has 0 spiro atoms. The van der Waals surface area contributed by atoms with Gasteiger partial charge >= 0.3 is 5.97 Å². The molecule has 0 saturated carbocycles. The number of nitrogens with one attached hydrogen (secondary N) is 2. The number of nitrogens with zero attached hydrogens (tertiary/aromatic N) is 2. The van der Waals surface area contributed by atoms with Crippen LogP contribution in [0.4, 0.5) is 5.82 Å². The van der Waals surface area contributed by atoms with Crippen molar-refractivity contribution in [2.45, 2.75) is 19.9 Å². The molecule has 0 aliphatic rings. The molecule has 0 fully saturated rings. The quantitative estimate of drug-likeness (QED) is 0.823. The van der Waals surface area contributed by atoms with E-state index >= 15 is 0 Å². The average Bonchev–Trinajstić information content (AvgIpc) is 2.92. The minimum Gasteiger partial charge on any atom is -0.465 e. The van der Waals surface area contributed by atoms with E-state index in [1.807, 2.05) is 13.1 Å². The summed E-state index contributed by atoms with van der Waals surface area (Å²) in [6.45, 7) is 3.79. The highest BCUT2D eigenvalue weighted by Crippen LogP contribution is 2.18. The van der Waals surface area contributed by atoms with Crippen molar-refractivity contribution < 1.29 is 9.53 Å².